The van der Waals surface area contributed by atoms with E-state index < -0.39 is 0 Å². The Hall–Kier alpha value is -2.60. The van der Waals surface area contributed by atoms with Gasteiger partial charge in [-0.25, -0.2) is 0 Å². The van der Waals surface area contributed by atoms with Crippen molar-refractivity contribution < 1.29 is 18.7 Å². The lowest BCUT2D eigenvalue weighted by atomic mass is 10.1. The van der Waals surface area contributed by atoms with Crippen LogP contribution in [0.3, 0.4) is 0 Å². The maximum Gasteiger partial charge on any atom is 0.289 e. The number of nitrogens with zero attached hydrogens (tertiary/aromatic N) is 1. The quantitative estimate of drug-likeness (QED) is 0.864. The van der Waals surface area contributed by atoms with Gasteiger partial charge in [0.2, 0.25) is 11.2 Å². The Balaban J connectivity index is 1.70. The highest BCUT2D eigenvalue weighted by Crippen LogP contribution is 2.24. The molecule has 2 heterocycles. The average Bonchev–Trinajstić information content (AvgIpc) is 2.88. The van der Waals surface area contributed by atoms with Crippen LogP contribution < -0.4 is 10.2 Å². The summed E-state index contributed by atoms with van der Waals surface area (Å²) in [6.07, 6.45) is 1.82. The average molecular weight is 329 g/mol. The number of ether oxygens (including phenoxy) is 2. The van der Waals surface area contributed by atoms with Crippen LogP contribution in [0.5, 0.6) is 5.75 Å². The predicted octanol–water partition coefficient (Wildman–Crippen LogP) is 2.25. The van der Waals surface area contributed by atoms with Crippen molar-refractivity contribution in [2.75, 3.05) is 26.8 Å². The van der Waals surface area contributed by atoms with Crippen molar-refractivity contribution in [3.63, 3.8) is 0 Å². The molecule has 0 N–H and O–H groups in total. The second kappa shape index (κ2) is 7.31. The lowest BCUT2D eigenvalue weighted by molar-refractivity contribution is 0.0575. The number of rotatable bonds is 3. The topological polar surface area (TPSA) is 69.0 Å². The summed E-state index contributed by atoms with van der Waals surface area (Å²) in [5.41, 5.74) is 0.725. The van der Waals surface area contributed by atoms with E-state index in [-0.39, 0.29) is 28.9 Å². The molecule has 1 atom stereocenters. The lowest BCUT2D eigenvalue weighted by Crippen LogP contribution is -2.33. The first kappa shape index (κ1) is 16.3. The molecular weight excluding hydrogens is 310 g/mol. The van der Waals surface area contributed by atoms with E-state index in [9.17, 15) is 9.59 Å². The summed E-state index contributed by atoms with van der Waals surface area (Å²) in [5, 5.41) is 0. The van der Waals surface area contributed by atoms with Crippen molar-refractivity contribution in [2.45, 2.75) is 12.5 Å². The van der Waals surface area contributed by atoms with Gasteiger partial charge in [-0.15, -0.1) is 0 Å². The SMILES string of the molecule is COc1coc(C(=O)N2CCOC(c3ccccc3)CC2)cc1=O. The van der Waals surface area contributed by atoms with Crippen molar-refractivity contribution in [3.8, 4) is 5.75 Å². The maximum absolute atomic E-state index is 12.5. The van der Waals surface area contributed by atoms with Crippen LogP contribution in [0.4, 0.5) is 0 Å². The molecule has 126 valence electrons. The normalized spacial score (nSPS) is 18.0. The standard InChI is InChI=1S/C18H19NO5/c1-22-17-12-24-16(11-14(17)20)18(21)19-8-7-15(23-10-9-19)13-5-3-2-4-6-13/h2-6,11-12,15H,7-10H2,1H3. The van der Waals surface area contributed by atoms with Crippen LogP contribution in [0.25, 0.3) is 0 Å². The van der Waals surface area contributed by atoms with Gasteiger partial charge in [-0.1, -0.05) is 30.3 Å². The Bertz CT molecular complexity index is 756. The lowest BCUT2D eigenvalue weighted by Gasteiger charge is -2.19. The van der Waals surface area contributed by atoms with E-state index in [1.165, 1.54) is 13.2 Å². The van der Waals surface area contributed by atoms with Crippen molar-refractivity contribution >= 4 is 5.91 Å². The van der Waals surface area contributed by atoms with Crippen molar-refractivity contribution in [2.24, 2.45) is 0 Å². The molecule has 6 nitrogen and oxygen atoms in total. The molecule has 0 saturated carbocycles. The number of benzene rings is 1. The van der Waals surface area contributed by atoms with Gasteiger partial charge in [-0.3, -0.25) is 9.59 Å². The van der Waals surface area contributed by atoms with Crippen LogP contribution in [0.1, 0.15) is 28.6 Å². The van der Waals surface area contributed by atoms with Gasteiger partial charge in [-0.05, 0) is 12.0 Å². The van der Waals surface area contributed by atoms with Crippen molar-refractivity contribution in [1.29, 1.82) is 0 Å². The largest absolute Gasteiger partial charge is 0.490 e. The minimum Gasteiger partial charge on any atom is -0.490 e. The summed E-state index contributed by atoms with van der Waals surface area (Å²) in [6, 6.07) is 11.1. The Morgan fingerprint density at radius 1 is 1.25 bits per heavy atom. The number of carbonyl (C=O) groups is 1. The smallest absolute Gasteiger partial charge is 0.289 e. The van der Waals surface area contributed by atoms with Crippen LogP contribution in [0.2, 0.25) is 0 Å². The minimum absolute atomic E-state index is 0.0129. The van der Waals surface area contributed by atoms with Gasteiger partial charge in [0, 0.05) is 19.2 Å². The van der Waals surface area contributed by atoms with Gasteiger partial charge in [0.25, 0.3) is 5.91 Å². The molecule has 1 aromatic carbocycles. The molecule has 24 heavy (non-hydrogen) atoms. The van der Waals surface area contributed by atoms with Gasteiger partial charge in [0.15, 0.2) is 5.76 Å². The molecular formula is C18H19NO5. The zero-order valence-corrected chi connectivity index (χ0v) is 13.4. The van der Waals surface area contributed by atoms with E-state index in [2.05, 4.69) is 0 Å². The molecule has 0 aliphatic carbocycles. The molecule has 6 heteroatoms. The number of carbonyl (C=O) groups excluding carboxylic acids is 1. The van der Waals surface area contributed by atoms with Crippen LogP contribution in [-0.2, 0) is 4.74 Å². The van der Waals surface area contributed by atoms with E-state index in [4.69, 9.17) is 13.9 Å². The second-order valence-electron chi connectivity index (χ2n) is 5.53. The Morgan fingerprint density at radius 3 is 2.75 bits per heavy atom. The Morgan fingerprint density at radius 2 is 2.04 bits per heavy atom. The monoisotopic (exact) mass is 329 g/mol. The molecule has 0 spiro atoms. The first-order valence-electron chi connectivity index (χ1n) is 7.81. The van der Waals surface area contributed by atoms with Crippen LogP contribution >= 0.6 is 0 Å². The fourth-order valence-electron chi connectivity index (χ4n) is 2.72. The highest BCUT2D eigenvalue weighted by molar-refractivity contribution is 5.91. The number of methoxy groups -OCH3 is 1. The van der Waals surface area contributed by atoms with E-state index >= 15 is 0 Å². The first-order valence-corrected chi connectivity index (χ1v) is 7.81. The van der Waals surface area contributed by atoms with Crippen LogP contribution in [-0.4, -0.2) is 37.6 Å². The Labute approximate surface area is 139 Å². The molecule has 0 bridgehead atoms. The summed E-state index contributed by atoms with van der Waals surface area (Å²) in [7, 11) is 1.38. The van der Waals surface area contributed by atoms with Crippen LogP contribution in [0.15, 0.2) is 51.9 Å². The van der Waals surface area contributed by atoms with Crippen LogP contribution in [0, 0.1) is 0 Å². The second-order valence-corrected chi connectivity index (χ2v) is 5.53. The third-order valence-electron chi connectivity index (χ3n) is 4.03. The Kier molecular flexibility index (Phi) is 4.96. The molecule has 2 aromatic rings. The van der Waals surface area contributed by atoms with E-state index in [0.29, 0.717) is 26.1 Å². The van der Waals surface area contributed by atoms with Gasteiger partial charge in [0.1, 0.15) is 6.26 Å². The van der Waals surface area contributed by atoms with Gasteiger partial charge < -0.3 is 18.8 Å². The van der Waals surface area contributed by atoms with Gasteiger partial charge >= 0.3 is 0 Å². The van der Waals surface area contributed by atoms with E-state index in [0.717, 1.165) is 11.8 Å². The molecule has 1 unspecified atom stereocenters. The summed E-state index contributed by atoms with van der Waals surface area (Å²) >= 11 is 0. The molecule has 3 rings (SSSR count). The fourth-order valence-corrected chi connectivity index (χ4v) is 2.72. The molecule has 1 aliphatic heterocycles. The zero-order chi connectivity index (χ0) is 16.9. The molecule has 1 aromatic heterocycles. The van der Waals surface area contributed by atoms with E-state index in [1.54, 1.807) is 4.90 Å². The van der Waals surface area contributed by atoms with Gasteiger partial charge in [-0.2, -0.15) is 0 Å². The number of hydrogen-bond acceptors (Lipinski definition) is 5. The predicted molar refractivity (Wildman–Crippen MR) is 87.2 cm³/mol. The van der Waals surface area contributed by atoms with E-state index in [1.807, 2.05) is 30.3 Å². The minimum atomic E-state index is -0.375. The molecule has 1 fully saturated rings. The summed E-state index contributed by atoms with van der Waals surface area (Å²) < 4.78 is 16.0. The first-order chi connectivity index (χ1) is 11.7. The third kappa shape index (κ3) is 3.49. The summed E-state index contributed by atoms with van der Waals surface area (Å²) in [6.45, 7) is 1.43. The molecule has 0 radical (unpaired) electrons. The molecule has 1 saturated heterocycles. The zero-order valence-electron chi connectivity index (χ0n) is 13.4. The maximum atomic E-state index is 12.5. The fraction of sp³-hybridized carbons (Fsp3) is 0.333. The molecule has 1 aliphatic rings. The summed E-state index contributed by atoms with van der Waals surface area (Å²) in [5.74, 6) is -0.221. The highest BCUT2D eigenvalue weighted by Gasteiger charge is 2.24. The summed E-state index contributed by atoms with van der Waals surface area (Å²) in [4.78, 5) is 26.0. The number of amides is 1. The number of hydrogen-bond donors (Lipinski definition) is 0. The van der Waals surface area contributed by atoms with Crippen molar-refractivity contribution in [1.82, 2.24) is 4.90 Å². The highest BCUT2D eigenvalue weighted by atomic mass is 16.5. The molecule has 1 amide bonds. The van der Waals surface area contributed by atoms with Gasteiger partial charge in [0.05, 0.1) is 19.8 Å². The van der Waals surface area contributed by atoms with Crippen molar-refractivity contribution in [3.05, 3.63) is 64.2 Å². The third-order valence-corrected chi connectivity index (χ3v) is 4.03.